The summed E-state index contributed by atoms with van der Waals surface area (Å²) < 4.78 is 30.0. The first kappa shape index (κ1) is 14.3. The van der Waals surface area contributed by atoms with E-state index in [1.165, 1.54) is 0 Å². The van der Waals surface area contributed by atoms with Crippen molar-refractivity contribution in [2.24, 2.45) is 0 Å². The highest BCUT2D eigenvalue weighted by atomic mass is 32.2. The third-order valence-electron chi connectivity index (χ3n) is 3.95. The van der Waals surface area contributed by atoms with Crippen LogP contribution in [0.25, 0.3) is 11.0 Å². The van der Waals surface area contributed by atoms with Gasteiger partial charge in [-0.3, -0.25) is 0 Å². The molecule has 3 N–H and O–H groups in total. The number of hydrogen-bond donors (Lipinski definition) is 2. The van der Waals surface area contributed by atoms with Crippen molar-refractivity contribution in [3.8, 4) is 0 Å². The highest BCUT2D eigenvalue weighted by Crippen LogP contribution is 2.22. The second kappa shape index (κ2) is 5.31. The Kier molecular flexibility index (Phi) is 3.62. The Morgan fingerprint density at radius 1 is 1.48 bits per heavy atom. The van der Waals surface area contributed by atoms with E-state index in [9.17, 15) is 8.42 Å². The summed E-state index contributed by atoms with van der Waals surface area (Å²) in [6.45, 7) is 2.34. The van der Waals surface area contributed by atoms with Crippen molar-refractivity contribution in [3.63, 3.8) is 0 Å². The van der Waals surface area contributed by atoms with Crippen molar-refractivity contribution in [3.05, 3.63) is 24.0 Å². The molecule has 0 saturated carbocycles. The van der Waals surface area contributed by atoms with Crippen LogP contribution in [0.15, 0.2) is 18.2 Å². The third-order valence-corrected chi connectivity index (χ3v) is 6.26. The number of H-pyrrole nitrogens is 1. The molecule has 1 fully saturated rings. The summed E-state index contributed by atoms with van der Waals surface area (Å²) >= 11 is 0. The Bertz CT molecular complexity index is 754. The predicted octanol–water partition coefficient (Wildman–Crippen LogP) is 1.28. The molecule has 1 aliphatic heterocycles. The van der Waals surface area contributed by atoms with Gasteiger partial charge in [0.1, 0.15) is 5.82 Å². The number of sulfone groups is 1. The normalized spacial score (nSPS) is 22.9. The number of nitrogens with one attached hydrogen (secondary N) is 1. The number of aromatic nitrogens is 2. The van der Waals surface area contributed by atoms with Gasteiger partial charge in [-0.25, -0.2) is 13.4 Å². The number of nitrogens with two attached hydrogens (primary N) is 1. The van der Waals surface area contributed by atoms with Gasteiger partial charge in [0.05, 0.1) is 28.1 Å². The van der Waals surface area contributed by atoms with Crippen LogP contribution in [0.3, 0.4) is 0 Å². The Labute approximate surface area is 123 Å². The van der Waals surface area contributed by atoms with Crippen LogP contribution < -0.4 is 5.73 Å². The highest BCUT2D eigenvalue weighted by molar-refractivity contribution is 7.92. The van der Waals surface area contributed by atoms with Crippen LogP contribution >= 0.6 is 0 Å². The molecule has 21 heavy (non-hydrogen) atoms. The fourth-order valence-corrected chi connectivity index (χ4v) is 4.67. The van der Waals surface area contributed by atoms with E-state index in [0.717, 1.165) is 11.0 Å². The van der Waals surface area contributed by atoms with E-state index in [2.05, 4.69) is 9.97 Å². The van der Waals surface area contributed by atoms with Crippen molar-refractivity contribution >= 4 is 26.6 Å². The topological polar surface area (TPSA) is 98.1 Å². The molecule has 2 heterocycles. The molecule has 3 rings (SSSR count). The van der Waals surface area contributed by atoms with E-state index in [1.807, 2.05) is 13.0 Å². The number of hydrogen-bond acceptors (Lipinski definition) is 5. The lowest BCUT2D eigenvalue weighted by Crippen LogP contribution is -2.30. The Balaban J connectivity index is 1.73. The summed E-state index contributed by atoms with van der Waals surface area (Å²) in [5.41, 5.74) is 8.01. The Morgan fingerprint density at radius 2 is 2.29 bits per heavy atom. The first-order valence-electron chi connectivity index (χ1n) is 7.03. The molecule has 2 aromatic rings. The molecule has 0 bridgehead atoms. The lowest BCUT2D eigenvalue weighted by Gasteiger charge is -2.14. The van der Waals surface area contributed by atoms with Gasteiger partial charge in [-0.2, -0.15) is 0 Å². The SMILES string of the molecule is CC1OCCC1S(=O)(=O)CCc1nc2ccc(N)cc2[nH]1. The zero-order chi connectivity index (χ0) is 15.0. The predicted molar refractivity (Wildman–Crippen MR) is 81.8 cm³/mol. The molecule has 0 amide bonds. The fourth-order valence-electron chi connectivity index (χ4n) is 2.77. The zero-order valence-corrected chi connectivity index (χ0v) is 12.7. The lowest BCUT2D eigenvalue weighted by atomic mass is 10.3. The fraction of sp³-hybridized carbons (Fsp3) is 0.500. The molecular formula is C14H19N3O3S. The number of aromatic amines is 1. The maximum Gasteiger partial charge on any atom is 0.156 e. The van der Waals surface area contributed by atoms with Gasteiger partial charge in [-0.05, 0) is 31.5 Å². The minimum atomic E-state index is -3.16. The summed E-state index contributed by atoms with van der Waals surface area (Å²) in [6, 6.07) is 5.40. The number of rotatable bonds is 4. The number of aryl methyl sites for hydroxylation is 1. The van der Waals surface area contributed by atoms with Crippen LogP contribution in [0.1, 0.15) is 19.2 Å². The van der Waals surface area contributed by atoms with Gasteiger partial charge in [0.25, 0.3) is 0 Å². The smallest absolute Gasteiger partial charge is 0.156 e. The zero-order valence-electron chi connectivity index (χ0n) is 11.9. The molecule has 0 radical (unpaired) electrons. The molecular weight excluding hydrogens is 290 g/mol. The van der Waals surface area contributed by atoms with E-state index in [4.69, 9.17) is 10.5 Å². The molecule has 6 nitrogen and oxygen atoms in total. The van der Waals surface area contributed by atoms with Crippen molar-refractivity contribution in [2.45, 2.75) is 31.1 Å². The van der Waals surface area contributed by atoms with E-state index in [-0.39, 0.29) is 11.9 Å². The molecule has 114 valence electrons. The number of anilines is 1. The Morgan fingerprint density at radius 3 is 3.00 bits per heavy atom. The van der Waals surface area contributed by atoms with Crippen LogP contribution in [0.4, 0.5) is 5.69 Å². The van der Waals surface area contributed by atoms with Crippen LogP contribution in [0.5, 0.6) is 0 Å². The van der Waals surface area contributed by atoms with E-state index in [0.29, 0.717) is 31.0 Å². The van der Waals surface area contributed by atoms with Gasteiger partial charge in [0.15, 0.2) is 9.84 Å². The first-order valence-corrected chi connectivity index (χ1v) is 8.74. The maximum atomic E-state index is 12.3. The van der Waals surface area contributed by atoms with Gasteiger partial charge in [-0.15, -0.1) is 0 Å². The maximum absolute atomic E-state index is 12.3. The summed E-state index contributed by atoms with van der Waals surface area (Å²) in [7, 11) is -3.16. The Hall–Kier alpha value is -1.60. The van der Waals surface area contributed by atoms with Gasteiger partial charge in [0.2, 0.25) is 0 Å². The summed E-state index contributed by atoms with van der Waals surface area (Å²) in [6.07, 6.45) is 0.741. The van der Waals surface area contributed by atoms with Crippen LogP contribution in [0.2, 0.25) is 0 Å². The highest BCUT2D eigenvalue weighted by Gasteiger charge is 2.35. The van der Waals surface area contributed by atoms with Crippen LogP contribution in [-0.2, 0) is 21.0 Å². The second-order valence-electron chi connectivity index (χ2n) is 5.48. The third kappa shape index (κ3) is 2.89. The first-order chi connectivity index (χ1) is 9.95. The van der Waals surface area contributed by atoms with E-state index in [1.54, 1.807) is 12.1 Å². The lowest BCUT2D eigenvalue weighted by molar-refractivity contribution is 0.126. The quantitative estimate of drug-likeness (QED) is 0.829. The van der Waals surface area contributed by atoms with Crippen LogP contribution in [0, 0.1) is 0 Å². The average Bonchev–Trinajstić information content (AvgIpc) is 3.02. The number of fused-ring (bicyclic) bond motifs is 1. The van der Waals surface area contributed by atoms with E-state index < -0.39 is 15.1 Å². The summed E-state index contributed by atoms with van der Waals surface area (Å²) in [5.74, 6) is 0.756. The molecule has 1 aromatic carbocycles. The minimum absolute atomic E-state index is 0.0840. The summed E-state index contributed by atoms with van der Waals surface area (Å²) in [4.78, 5) is 7.52. The number of nitrogens with zero attached hydrogens (tertiary/aromatic N) is 1. The molecule has 7 heteroatoms. The summed E-state index contributed by atoms with van der Waals surface area (Å²) in [5, 5.41) is -0.391. The second-order valence-corrected chi connectivity index (χ2v) is 7.82. The molecule has 1 aliphatic rings. The number of imidazole rings is 1. The molecule has 1 aromatic heterocycles. The van der Waals surface area contributed by atoms with Gasteiger partial charge in [-0.1, -0.05) is 0 Å². The number of nitrogen functional groups attached to an aromatic ring is 1. The largest absolute Gasteiger partial charge is 0.399 e. The van der Waals surface area contributed by atoms with Gasteiger partial charge in [0, 0.05) is 18.7 Å². The standard InChI is InChI=1S/C14H19N3O3S/c1-9-13(4-6-20-9)21(18,19)7-5-14-16-11-3-2-10(15)8-12(11)17-14/h2-3,8-9,13H,4-7,15H2,1H3,(H,16,17). The average molecular weight is 309 g/mol. The molecule has 2 atom stereocenters. The van der Waals surface area contributed by atoms with Crippen molar-refractivity contribution in [2.75, 3.05) is 18.1 Å². The van der Waals surface area contributed by atoms with Crippen molar-refractivity contribution < 1.29 is 13.2 Å². The van der Waals surface area contributed by atoms with Crippen molar-refractivity contribution in [1.29, 1.82) is 0 Å². The molecule has 0 aliphatic carbocycles. The molecule has 1 saturated heterocycles. The van der Waals surface area contributed by atoms with Gasteiger partial charge >= 0.3 is 0 Å². The van der Waals surface area contributed by atoms with Crippen LogP contribution in [-0.4, -0.2) is 42.1 Å². The number of benzene rings is 1. The van der Waals surface area contributed by atoms with E-state index >= 15 is 0 Å². The molecule has 2 unspecified atom stereocenters. The molecule has 0 spiro atoms. The number of ether oxygens (including phenoxy) is 1. The van der Waals surface area contributed by atoms with Gasteiger partial charge < -0.3 is 15.5 Å². The monoisotopic (exact) mass is 309 g/mol. The minimum Gasteiger partial charge on any atom is -0.399 e. The van der Waals surface area contributed by atoms with Crippen molar-refractivity contribution in [1.82, 2.24) is 9.97 Å².